The van der Waals surface area contributed by atoms with Crippen LogP contribution in [0.1, 0.15) is 34.1 Å². The van der Waals surface area contributed by atoms with E-state index in [2.05, 4.69) is 10.2 Å². The Balaban J connectivity index is 4.06. The van der Waals surface area contributed by atoms with Crippen LogP contribution in [-0.2, 0) is 9.53 Å². The summed E-state index contributed by atoms with van der Waals surface area (Å²) < 4.78 is 4.69. The van der Waals surface area contributed by atoms with Gasteiger partial charge in [-0.05, 0) is 34.1 Å². The van der Waals surface area contributed by atoms with Crippen molar-refractivity contribution in [1.82, 2.24) is 0 Å². The molecule has 4 heteroatoms. The molecule has 0 heterocycles. The van der Waals surface area contributed by atoms with Gasteiger partial charge in [0.1, 0.15) is 0 Å². The lowest BCUT2D eigenvalue weighted by molar-refractivity contribution is -0.150. The summed E-state index contributed by atoms with van der Waals surface area (Å²) in [4.78, 5) is 11.3. The molecule has 0 saturated heterocycles. The highest BCUT2D eigenvalue weighted by molar-refractivity contribution is 5.75. The first-order chi connectivity index (χ1) is 6.94. The zero-order valence-electron chi connectivity index (χ0n) is 10.2. The molecule has 0 radical (unpaired) electrons. The number of nitrogens with zero attached hydrogens (tertiary/aromatic N) is 2. The summed E-state index contributed by atoms with van der Waals surface area (Å²) in [5.74, 6) is -0.208. The SMILES string of the molecule is C/C=C(/C)N=NCCC(C)(C)C(=O)OC. The van der Waals surface area contributed by atoms with Crippen LogP contribution in [0.15, 0.2) is 22.0 Å². The number of hydrogen-bond donors (Lipinski definition) is 0. The van der Waals surface area contributed by atoms with Crippen LogP contribution in [0, 0.1) is 5.41 Å². The van der Waals surface area contributed by atoms with Crippen molar-refractivity contribution in [3.05, 3.63) is 11.8 Å². The first-order valence-corrected chi connectivity index (χ1v) is 5.03. The molecule has 0 fully saturated rings. The van der Waals surface area contributed by atoms with E-state index >= 15 is 0 Å². The topological polar surface area (TPSA) is 51.0 Å². The monoisotopic (exact) mass is 212 g/mol. The molecule has 0 atom stereocenters. The minimum Gasteiger partial charge on any atom is -0.469 e. The maximum atomic E-state index is 11.3. The maximum absolute atomic E-state index is 11.3. The summed E-state index contributed by atoms with van der Waals surface area (Å²) in [7, 11) is 1.40. The third-order valence-electron chi connectivity index (χ3n) is 2.22. The van der Waals surface area contributed by atoms with Crippen molar-refractivity contribution in [3.63, 3.8) is 0 Å². The number of carbonyl (C=O) groups excluding carboxylic acids is 1. The molecule has 0 N–H and O–H groups in total. The van der Waals surface area contributed by atoms with Gasteiger partial charge in [0.25, 0.3) is 0 Å². The van der Waals surface area contributed by atoms with Crippen molar-refractivity contribution in [2.75, 3.05) is 13.7 Å². The van der Waals surface area contributed by atoms with Crippen LogP contribution in [0.4, 0.5) is 0 Å². The molecule has 0 rings (SSSR count). The van der Waals surface area contributed by atoms with E-state index in [0.29, 0.717) is 13.0 Å². The van der Waals surface area contributed by atoms with E-state index < -0.39 is 5.41 Å². The number of hydrogen-bond acceptors (Lipinski definition) is 4. The molecule has 4 nitrogen and oxygen atoms in total. The lowest BCUT2D eigenvalue weighted by atomic mass is 9.90. The van der Waals surface area contributed by atoms with Crippen molar-refractivity contribution in [1.29, 1.82) is 0 Å². The Bertz CT molecular complexity index is 268. The Morgan fingerprint density at radius 1 is 1.47 bits per heavy atom. The van der Waals surface area contributed by atoms with E-state index in [1.165, 1.54) is 7.11 Å². The van der Waals surface area contributed by atoms with Crippen LogP contribution in [-0.4, -0.2) is 19.6 Å². The largest absolute Gasteiger partial charge is 0.469 e. The fourth-order valence-corrected chi connectivity index (χ4v) is 0.927. The number of rotatable bonds is 5. The van der Waals surface area contributed by atoms with E-state index in [1.807, 2.05) is 33.8 Å². The van der Waals surface area contributed by atoms with Crippen molar-refractivity contribution >= 4 is 5.97 Å². The average molecular weight is 212 g/mol. The highest BCUT2D eigenvalue weighted by atomic mass is 16.5. The van der Waals surface area contributed by atoms with Gasteiger partial charge in [-0.25, -0.2) is 0 Å². The molecule has 0 spiro atoms. The van der Waals surface area contributed by atoms with Gasteiger partial charge in [-0.15, -0.1) is 0 Å². The second-order valence-corrected chi connectivity index (χ2v) is 4.02. The lowest BCUT2D eigenvalue weighted by Crippen LogP contribution is -2.26. The molecule has 0 unspecified atom stereocenters. The number of carbonyl (C=O) groups is 1. The van der Waals surface area contributed by atoms with Gasteiger partial charge >= 0.3 is 5.97 Å². The molecule has 0 aromatic rings. The fraction of sp³-hybridized carbons (Fsp3) is 0.727. The Hall–Kier alpha value is -1.19. The minimum atomic E-state index is -0.488. The van der Waals surface area contributed by atoms with Crippen molar-refractivity contribution in [2.45, 2.75) is 34.1 Å². The highest BCUT2D eigenvalue weighted by Gasteiger charge is 2.27. The van der Waals surface area contributed by atoms with E-state index in [9.17, 15) is 4.79 Å². The predicted molar refractivity (Wildman–Crippen MR) is 59.6 cm³/mol. The van der Waals surface area contributed by atoms with Crippen LogP contribution in [0.2, 0.25) is 0 Å². The summed E-state index contributed by atoms with van der Waals surface area (Å²) in [6.07, 6.45) is 2.52. The van der Waals surface area contributed by atoms with Crippen molar-refractivity contribution in [3.8, 4) is 0 Å². The van der Waals surface area contributed by atoms with Crippen LogP contribution >= 0.6 is 0 Å². The molecule has 0 saturated carbocycles. The standard InChI is InChI=1S/C11H20N2O2/c1-6-9(2)13-12-8-7-11(3,4)10(14)15-5/h6H,7-8H2,1-5H3/b9-6-,13-12?. The van der Waals surface area contributed by atoms with E-state index in [4.69, 9.17) is 4.74 Å². The fourth-order valence-electron chi connectivity index (χ4n) is 0.927. The van der Waals surface area contributed by atoms with Gasteiger partial charge in [0, 0.05) is 0 Å². The Morgan fingerprint density at radius 2 is 2.07 bits per heavy atom. The number of azo groups is 1. The van der Waals surface area contributed by atoms with Gasteiger partial charge in [-0.2, -0.15) is 10.2 Å². The van der Waals surface area contributed by atoms with Crippen LogP contribution in [0.25, 0.3) is 0 Å². The smallest absolute Gasteiger partial charge is 0.311 e. The summed E-state index contributed by atoms with van der Waals surface area (Å²) in [5, 5.41) is 7.96. The van der Waals surface area contributed by atoms with E-state index in [-0.39, 0.29) is 5.97 Å². The molecule has 0 aliphatic heterocycles. The lowest BCUT2D eigenvalue weighted by Gasteiger charge is -2.19. The number of allylic oxidation sites excluding steroid dienone is 2. The molecule has 0 bridgehead atoms. The van der Waals surface area contributed by atoms with Crippen LogP contribution in [0.5, 0.6) is 0 Å². The average Bonchev–Trinajstić information content (AvgIpc) is 2.22. The van der Waals surface area contributed by atoms with Gasteiger partial charge in [0.05, 0.1) is 24.8 Å². The summed E-state index contributed by atoms with van der Waals surface area (Å²) in [6.45, 7) is 8.02. The highest BCUT2D eigenvalue weighted by Crippen LogP contribution is 2.21. The first kappa shape index (κ1) is 13.8. The summed E-state index contributed by atoms with van der Waals surface area (Å²) in [6, 6.07) is 0. The van der Waals surface area contributed by atoms with Crippen LogP contribution < -0.4 is 0 Å². The molecule has 86 valence electrons. The molecule has 0 amide bonds. The van der Waals surface area contributed by atoms with Gasteiger partial charge in [0.15, 0.2) is 0 Å². The molecule has 0 aliphatic rings. The maximum Gasteiger partial charge on any atom is 0.311 e. The van der Waals surface area contributed by atoms with Gasteiger partial charge in [0.2, 0.25) is 0 Å². The zero-order chi connectivity index (χ0) is 11.9. The normalized spacial score (nSPS) is 13.3. The van der Waals surface area contributed by atoms with Crippen LogP contribution in [0.3, 0.4) is 0 Å². The van der Waals surface area contributed by atoms with Crippen molar-refractivity contribution in [2.24, 2.45) is 15.6 Å². The Labute approximate surface area is 91.4 Å². The number of methoxy groups -OCH3 is 1. The summed E-state index contributed by atoms with van der Waals surface area (Å²) >= 11 is 0. The molecular formula is C11H20N2O2. The third-order valence-corrected chi connectivity index (χ3v) is 2.22. The summed E-state index contributed by atoms with van der Waals surface area (Å²) in [5.41, 5.74) is 0.392. The second-order valence-electron chi connectivity index (χ2n) is 4.02. The Morgan fingerprint density at radius 3 is 2.53 bits per heavy atom. The number of ether oxygens (including phenoxy) is 1. The van der Waals surface area contributed by atoms with Gasteiger partial charge in [-0.3, -0.25) is 4.79 Å². The van der Waals surface area contributed by atoms with Gasteiger partial charge < -0.3 is 4.74 Å². The zero-order valence-corrected chi connectivity index (χ0v) is 10.2. The number of esters is 1. The molecule has 0 aliphatic carbocycles. The van der Waals surface area contributed by atoms with Gasteiger partial charge in [-0.1, -0.05) is 6.08 Å². The Kier molecular flexibility index (Phi) is 5.82. The van der Waals surface area contributed by atoms with E-state index in [1.54, 1.807) is 0 Å². The van der Waals surface area contributed by atoms with Crippen molar-refractivity contribution < 1.29 is 9.53 Å². The van der Waals surface area contributed by atoms with E-state index in [0.717, 1.165) is 5.70 Å². The first-order valence-electron chi connectivity index (χ1n) is 5.03. The molecule has 15 heavy (non-hydrogen) atoms. The molecule has 0 aromatic heterocycles. The second kappa shape index (κ2) is 6.32. The quantitative estimate of drug-likeness (QED) is 0.519. The predicted octanol–water partition coefficient (Wildman–Crippen LogP) is 2.95. The third kappa shape index (κ3) is 5.30. The molecule has 0 aromatic carbocycles. The minimum absolute atomic E-state index is 0.208. The molecular weight excluding hydrogens is 192 g/mol.